The Labute approximate surface area is 174 Å². The average molecular weight is 419 g/mol. The van der Waals surface area contributed by atoms with Crippen molar-refractivity contribution in [3.63, 3.8) is 0 Å². The summed E-state index contributed by atoms with van der Waals surface area (Å²) in [4.78, 5) is 14.7. The number of carbonyl (C=O) groups is 1. The molecule has 0 aromatic heterocycles. The summed E-state index contributed by atoms with van der Waals surface area (Å²) in [5.41, 5.74) is 0.863. The molecule has 0 aliphatic carbocycles. The third-order valence-corrected chi connectivity index (χ3v) is 5.86. The van der Waals surface area contributed by atoms with E-state index in [1.54, 1.807) is 63.3 Å². The van der Waals surface area contributed by atoms with Crippen LogP contribution in [0.2, 0.25) is 0 Å². The quantitative estimate of drug-likeness (QED) is 0.650. The number of thioether (sulfide) groups is 1. The number of nitrogens with zero attached hydrogens (tertiary/aromatic N) is 1. The number of benzene rings is 2. The Morgan fingerprint density at radius 3 is 2.34 bits per heavy atom. The Bertz CT molecular complexity index is 859. The zero-order valence-electron chi connectivity index (χ0n) is 17.0. The van der Waals surface area contributed by atoms with Gasteiger partial charge in [-0.05, 0) is 18.2 Å². The van der Waals surface area contributed by atoms with Gasteiger partial charge in [-0.1, -0.05) is 6.07 Å². The van der Waals surface area contributed by atoms with Gasteiger partial charge in [-0.3, -0.25) is 4.79 Å². The Morgan fingerprint density at radius 1 is 0.966 bits per heavy atom. The fourth-order valence-corrected chi connectivity index (χ4v) is 4.44. The predicted molar refractivity (Wildman–Crippen MR) is 111 cm³/mol. The van der Waals surface area contributed by atoms with Crippen LogP contribution in [0.25, 0.3) is 0 Å². The van der Waals surface area contributed by atoms with Crippen molar-refractivity contribution in [2.75, 3.05) is 47.3 Å². The van der Waals surface area contributed by atoms with Gasteiger partial charge in [-0.15, -0.1) is 11.8 Å². The first kappa shape index (κ1) is 21.0. The van der Waals surface area contributed by atoms with Crippen LogP contribution in [0.5, 0.6) is 28.7 Å². The summed E-state index contributed by atoms with van der Waals surface area (Å²) in [6.07, 6.45) is 0. The molecular formula is C21H25NO6S. The Balaban J connectivity index is 1.77. The van der Waals surface area contributed by atoms with E-state index in [1.165, 1.54) is 0 Å². The highest BCUT2D eigenvalue weighted by atomic mass is 32.2. The molecule has 1 saturated heterocycles. The van der Waals surface area contributed by atoms with Gasteiger partial charge in [0.05, 0.1) is 28.4 Å². The molecule has 0 radical (unpaired) electrons. The monoisotopic (exact) mass is 419 g/mol. The second kappa shape index (κ2) is 9.65. The van der Waals surface area contributed by atoms with Gasteiger partial charge in [0.2, 0.25) is 0 Å². The van der Waals surface area contributed by atoms with E-state index in [1.807, 2.05) is 18.2 Å². The minimum Gasteiger partial charge on any atom is -0.497 e. The lowest BCUT2D eigenvalue weighted by molar-refractivity contribution is -0.133. The average Bonchev–Trinajstić information content (AvgIpc) is 3.26. The van der Waals surface area contributed by atoms with Crippen molar-refractivity contribution in [2.45, 2.75) is 5.37 Å². The standard InChI is InChI=1S/C21H25NO6S/c1-24-14-6-5-7-15(10-14)28-13-20(23)22-8-9-29-21(22)16-11-18(26-3)19(27-4)12-17(16)25-2/h5-7,10-12,21H,8-9,13H2,1-4H3. The van der Waals surface area contributed by atoms with Crippen molar-refractivity contribution in [2.24, 2.45) is 0 Å². The van der Waals surface area contributed by atoms with Crippen LogP contribution >= 0.6 is 11.8 Å². The molecule has 1 unspecified atom stereocenters. The molecule has 1 fully saturated rings. The van der Waals surface area contributed by atoms with Crippen LogP contribution in [-0.4, -0.2) is 58.2 Å². The molecular weight excluding hydrogens is 394 g/mol. The van der Waals surface area contributed by atoms with Gasteiger partial charge in [0, 0.05) is 30.0 Å². The van der Waals surface area contributed by atoms with Gasteiger partial charge in [0.15, 0.2) is 18.1 Å². The number of hydrogen-bond donors (Lipinski definition) is 0. The van der Waals surface area contributed by atoms with Gasteiger partial charge in [0.1, 0.15) is 22.6 Å². The van der Waals surface area contributed by atoms with Crippen molar-refractivity contribution < 1.29 is 28.5 Å². The number of carbonyl (C=O) groups excluding carboxylic acids is 1. The lowest BCUT2D eigenvalue weighted by atomic mass is 10.1. The van der Waals surface area contributed by atoms with Crippen molar-refractivity contribution in [1.29, 1.82) is 0 Å². The summed E-state index contributed by atoms with van der Waals surface area (Å²) in [7, 11) is 6.35. The molecule has 3 rings (SSSR count). The highest BCUT2D eigenvalue weighted by Gasteiger charge is 2.33. The number of rotatable bonds is 8. The summed E-state index contributed by atoms with van der Waals surface area (Å²) in [6.45, 7) is 0.576. The normalized spacial score (nSPS) is 15.7. The Morgan fingerprint density at radius 2 is 1.66 bits per heavy atom. The van der Waals surface area contributed by atoms with Crippen LogP contribution in [0.15, 0.2) is 36.4 Å². The third kappa shape index (κ3) is 4.64. The minimum atomic E-state index is -0.189. The van der Waals surface area contributed by atoms with Crippen molar-refractivity contribution in [3.05, 3.63) is 42.0 Å². The first-order valence-corrected chi connectivity index (χ1v) is 10.1. The maximum atomic E-state index is 12.9. The SMILES string of the molecule is COc1cccc(OCC(=O)N2CCSC2c2cc(OC)c(OC)cc2OC)c1. The van der Waals surface area contributed by atoms with Crippen molar-refractivity contribution in [3.8, 4) is 28.7 Å². The Kier molecular flexibility index (Phi) is 6.98. The first-order chi connectivity index (χ1) is 14.1. The summed E-state index contributed by atoms with van der Waals surface area (Å²) in [5, 5.41) is -0.189. The van der Waals surface area contributed by atoms with Crippen LogP contribution in [0, 0.1) is 0 Å². The predicted octanol–water partition coefficient (Wildman–Crippen LogP) is 3.37. The van der Waals surface area contributed by atoms with E-state index in [0.717, 1.165) is 11.3 Å². The molecule has 8 heteroatoms. The number of methoxy groups -OCH3 is 4. The van der Waals surface area contributed by atoms with Crippen LogP contribution in [0.3, 0.4) is 0 Å². The maximum Gasteiger partial charge on any atom is 0.261 e. The molecule has 1 aliphatic heterocycles. The molecule has 0 N–H and O–H groups in total. The summed E-state index contributed by atoms with van der Waals surface area (Å²) < 4.78 is 27.2. The molecule has 29 heavy (non-hydrogen) atoms. The van der Waals surface area contributed by atoms with E-state index >= 15 is 0 Å². The van der Waals surface area contributed by atoms with Gasteiger partial charge < -0.3 is 28.6 Å². The van der Waals surface area contributed by atoms with E-state index in [-0.39, 0.29) is 17.9 Å². The van der Waals surface area contributed by atoms with Gasteiger partial charge in [-0.25, -0.2) is 0 Å². The highest BCUT2D eigenvalue weighted by Crippen LogP contribution is 2.46. The molecule has 1 atom stereocenters. The lowest BCUT2D eigenvalue weighted by Gasteiger charge is -2.26. The molecule has 0 bridgehead atoms. The second-order valence-corrected chi connectivity index (χ2v) is 7.42. The minimum absolute atomic E-state index is 0.0557. The number of amides is 1. The van der Waals surface area contributed by atoms with Crippen molar-refractivity contribution >= 4 is 17.7 Å². The molecule has 0 saturated carbocycles. The van der Waals surface area contributed by atoms with Gasteiger partial charge >= 0.3 is 0 Å². The molecule has 2 aromatic carbocycles. The van der Waals surface area contributed by atoms with Crippen LogP contribution in [-0.2, 0) is 4.79 Å². The molecule has 7 nitrogen and oxygen atoms in total. The van der Waals surface area contributed by atoms with E-state index in [0.29, 0.717) is 35.3 Å². The zero-order chi connectivity index (χ0) is 20.8. The highest BCUT2D eigenvalue weighted by molar-refractivity contribution is 7.99. The fourth-order valence-electron chi connectivity index (χ4n) is 3.15. The number of hydrogen-bond acceptors (Lipinski definition) is 7. The second-order valence-electron chi connectivity index (χ2n) is 6.23. The largest absolute Gasteiger partial charge is 0.497 e. The molecule has 1 heterocycles. The lowest BCUT2D eigenvalue weighted by Crippen LogP contribution is -2.34. The molecule has 1 aliphatic rings. The third-order valence-electron chi connectivity index (χ3n) is 4.62. The van der Waals surface area contributed by atoms with Crippen LogP contribution in [0.4, 0.5) is 0 Å². The van der Waals surface area contributed by atoms with E-state index < -0.39 is 0 Å². The molecule has 156 valence electrons. The maximum absolute atomic E-state index is 12.9. The molecule has 1 amide bonds. The molecule has 2 aromatic rings. The van der Waals surface area contributed by atoms with Crippen LogP contribution in [0.1, 0.15) is 10.9 Å². The zero-order valence-corrected chi connectivity index (χ0v) is 17.8. The van der Waals surface area contributed by atoms with Crippen LogP contribution < -0.4 is 23.7 Å². The summed E-state index contributed by atoms with van der Waals surface area (Å²) in [5.74, 6) is 3.82. The summed E-state index contributed by atoms with van der Waals surface area (Å²) >= 11 is 1.67. The van der Waals surface area contributed by atoms with E-state index in [9.17, 15) is 4.79 Å². The van der Waals surface area contributed by atoms with Gasteiger partial charge in [-0.2, -0.15) is 0 Å². The molecule has 0 spiro atoms. The Hall–Kier alpha value is -2.74. The topological polar surface area (TPSA) is 66.5 Å². The number of ether oxygens (including phenoxy) is 5. The first-order valence-electron chi connectivity index (χ1n) is 9.09. The van der Waals surface area contributed by atoms with E-state index in [2.05, 4.69) is 0 Å². The van der Waals surface area contributed by atoms with Crippen molar-refractivity contribution in [1.82, 2.24) is 4.90 Å². The summed E-state index contributed by atoms with van der Waals surface area (Å²) in [6, 6.07) is 10.8. The van der Waals surface area contributed by atoms with E-state index in [4.69, 9.17) is 23.7 Å². The smallest absolute Gasteiger partial charge is 0.261 e. The fraction of sp³-hybridized carbons (Fsp3) is 0.381. The van der Waals surface area contributed by atoms with Gasteiger partial charge in [0.25, 0.3) is 5.91 Å².